The Morgan fingerprint density at radius 3 is 1.92 bits per heavy atom. The molecule has 0 spiro atoms. The van der Waals surface area contributed by atoms with Gasteiger partial charge in [0, 0.05) is 18.6 Å². The van der Waals surface area contributed by atoms with Gasteiger partial charge in [0.25, 0.3) is 5.69 Å². The molecular formula is C36H47N7O8. The van der Waals surface area contributed by atoms with E-state index in [1.54, 1.807) is 12.1 Å². The Hall–Kier alpha value is -5.05. The lowest BCUT2D eigenvalue weighted by Gasteiger charge is -2.57. The second-order valence-corrected chi connectivity index (χ2v) is 14.8. The molecule has 4 aliphatic carbocycles. The van der Waals surface area contributed by atoms with Crippen molar-refractivity contribution in [3.05, 3.63) is 69.8 Å². The highest BCUT2D eigenvalue weighted by Gasteiger charge is 2.52. The number of primary amides is 1. The monoisotopic (exact) mass is 705 g/mol. The number of phenols is 1. The fourth-order valence-electron chi connectivity index (χ4n) is 8.60. The first-order valence-corrected chi connectivity index (χ1v) is 17.4. The summed E-state index contributed by atoms with van der Waals surface area (Å²) in [5.41, 5.74) is 12.8. The summed E-state index contributed by atoms with van der Waals surface area (Å²) in [6, 6.07) is 7.56. The molecule has 0 saturated heterocycles. The Bertz CT molecular complexity index is 1600. The van der Waals surface area contributed by atoms with E-state index in [1.165, 1.54) is 62.6 Å². The van der Waals surface area contributed by atoms with E-state index in [9.17, 15) is 39.2 Å². The molecule has 0 heterocycles. The summed E-state index contributed by atoms with van der Waals surface area (Å²) in [4.78, 5) is 75.5. The van der Waals surface area contributed by atoms with Crippen LogP contribution >= 0.6 is 0 Å². The van der Waals surface area contributed by atoms with E-state index in [2.05, 4.69) is 21.3 Å². The molecule has 4 saturated carbocycles. The van der Waals surface area contributed by atoms with E-state index in [1.807, 2.05) is 0 Å². The lowest BCUT2D eigenvalue weighted by molar-refractivity contribution is -0.384. The maximum absolute atomic E-state index is 13.7. The van der Waals surface area contributed by atoms with Crippen LogP contribution in [0.1, 0.15) is 63.0 Å². The number of nitrogens with zero attached hydrogens (tertiary/aromatic N) is 1. The second-order valence-electron chi connectivity index (χ2n) is 14.8. The zero-order chi connectivity index (χ0) is 36.9. The molecular weight excluding hydrogens is 658 g/mol. The minimum Gasteiger partial charge on any atom is -0.508 e. The van der Waals surface area contributed by atoms with Gasteiger partial charge in [-0.05, 0) is 105 Å². The quantitative estimate of drug-likeness (QED) is 0.0974. The van der Waals surface area contributed by atoms with Gasteiger partial charge in [-0.2, -0.15) is 0 Å². The highest BCUT2D eigenvalue weighted by Crippen LogP contribution is 2.61. The van der Waals surface area contributed by atoms with E-state index >= 15 is 0 Å². The summed E-state index contributed by atoms with van der Waals surface area (Å²) in [7, 11) is 0. The van der Waals surface area contributed by atoms with Gasteiger partial charge in [0.2, 0.25) is 29.5 Å². The predicted molar refractivity (Wildman–Crippen MR) is 185 cm³/mol. The lowest BCUT2D eigenvalue weighted by atomic mass is 9.48. The summed E-state index contributed by atoms with van der Waals surface area (Å²) in [6.45, 7) is 0.895. The van der Waals surface area contributed by atoms with Gasteiger partial charge >= 0.3 is 0 Å². The minimum atomic E-state index is -1.20. The predicted octanol–water partition coefficient (Wildman–Crippen LogP) is 1.10. The number of benzene rings is 2. The number of aromatic hydroxyl groups is 1. The van der Waals surface area contributed by atoms with Crippen molar-refractivity contribution in [3.63, 3.8) is 0 Å². The Kier molecular flexibility index (Phi) is 11.6. The maximum atomic E-state index is 13.7. The Labute approximate surface area is 295 Å². The zero-order valence-corrected chi connectivity index (χ0v) is 28.6. The minimum absolute atomic E-state index is 0.0578. The van der Waals surface area contributed by atoms with Gasteiger partial charge in [0.1, 0.15) is 23.9 Å². The highest BCUT2D eigenvalue weighted by atomic mass is 16.6. The van der Waals surface area contributed by atoms with Crippen LogP contribution in [0.2, 0.25) is 0 Å². The van der Waals surface area contributed by atoms with Gasteiger partial charge in [0.15, 0.2) is 0 Å². The molecule has 6 rings (SSSR count). The molecule has 15 heteroatoms. The zero-order valence-electron chi connectivity index (χ0n) is 28.6. The molecule has 9 N–H and O–H groups in total. The van der Waals surface area contributed by atoms with E-state index in [0.29, 0.717) is 35.3 Å². The molecule has 0 unspecified atom stereocenters. The van der Waals surface area contributed by atoms with Gasteiger partial charge in [-0.15, -0.1) is 0 Å². The number of phenolic OH excluding ortho intramolecular Hbond substituents is 1. The van der Waals surface area contributed by atoms with E-state index in [-0.39, 0.29) is 29.7 Å². The Morgan fingerprint density at radius 2 is 1.37 bits per heavy atom. The van der Waals surface area contributed by atoms with Gasteiger partial charge in [-0.1, -0.05) is 24.3 Å². The standard InChI is InChI=1S/C36H47N7O8/c1-20(40-34(48)28(37)13-21-4-8-27(44)9-5-21)33(47)39-19-31(45)41-29(14-22-2-6-26(7-3-22)43(50)51)35(49)42-30(32(38)46)18-36-15-23-10-24(16-36)12-25(11-23)17-36/h2-9,20,23-25,28-30,44H,10-19,37H2,1H3,(H2,38,46)(H,39,47)(H,40,48)(H,41,45)(H,42,49)/t20-,23?,24?,25?,28-,29-,30-,36?/m0/s1. The first-order valence-electron chi connectivity index (χ1n) is 17.4. The molecule has 15 nitrogen and oxygen atoms in total. The van der Waals surface area contributed by atoms with Crippen molar-refractivity contribution in [2.24, 2.45) is 34.6 Å². The van der Waals surface area contributed by atoms with Crippen LogP contribution in [-0.4, -0.2) is 70.3 Å². The number of hydrogen-bond donors (Lipinski definition) is 7. The van der Waals surface area contributed by atoms with Crippen LogP contribution in [0.5, 0.6) is 5.75 Å². The number of carbonyl (C=O) groups is 5. The van der Waals surface area contributed by atoms with Crippen LogP contribution in [0.3, 0.4) is 0 Å². The van der Waals surface area contributed by atoms with E-state index < -0.39 is 65.2 Å². The molecule has 4 bridgehead atoms. The topological polar surface area (TPSA) is 249 Å². The van der Waals surface area contributed by atoms with E-state index in [4.69, 9.17) is 11.5 Å². The van der Waals surface area contributed by atoms with Crippen LogP contribution in [0.4, 0.5) is 5.69 Å². The molecule has 5 amide bonds. The van der Waals surface area contributed by atoms with Crippen molar-refractivity contribution < 1.29 is 34.0 Å². The summed E-state index contributed by atoms with van der Waals surface area (Å²) >= 11 is 0. The van der Waals surface area contributed by atoms with Gasteiger partial charge in [0.05, 0.1) is 17.5 Å². The number of nitrogens with one attached hydrogen (secondary N) is 4. The van der Waals surface area contributed by atoms with Crippen molar-refractivity contribution in [1.29, 1.82) is 0 Å². The molecule has 0 radical (unpaired) electrons. The number of carbonyl (C=O) groups excluding carboxylic acids is 5. The van der Waals surface area contributed by atoms with Crippen LogP contribution in [0, 0.1) is 33.3 Å². The molecule has 0 aromatic heterocycles. The van der Waals surface area contributed by atoms with Crippen molar-refractivity contribution in [1.82, 2.24) is 21.3 Å². The third kappa shape index (κ3) is 9.81. The third-order valence-electron chi connectivity index (χ3n) is 10.6. The number of nitrogens with two attached hydrogens (primary N) is 2. The molecule has 4 atom stereocenters. The normalized spacial score (nSPS) is 24.0. The smallest absolute Gasteiger partial charge is 0.269 e. The second kappa shape index (κ2) is 15.9. The number of nitro groups is 1. The Morgan fingerprint density at radius 1 is 0.824 bits per heavy atom. The molecule has 0 aliphatic heterocycles. The van der Waals surface area contributed by atoms with Crippen molar-refractivity contribution in [2.75, 3.05) is 6.54 Å². The van der Waals surface area contributed by atoms with E-state index in [0.717, 1.165) is 19.3 Å². The average molecular weight is 706 g/mol. The first kappa shape index (κ1) is 37.2. The van der Waals surface area contributed by atoms with Crippen LogP contribution in [-0.2, 0) is 36.8 Å². The van der Waals surface area contributed by atoms with Crippen molar-refractivity contribution in [2.45, 2.75) is 88.9 Å². The average Bonchev–Trinajstić information content (AvgIpc) is 3.07. The van der Waals surface area contributed by atoms with Gasteiger partial charge in [-0.25, -0.2) is 0 Å². The highest BCUT2D eigenvalue weighted by molar-refractivity contribution is 5.94. The van der Waals surface area contributed by atoms with Gasteiger partial charge < -0.3 is 37.8 Å². The fraction of sp³-hybridized carbons (Fsp3) is 0.528. The van der Waals surface area contributed by atoms with Crippen LogP contribution in [0.25, 0.3) is 0 Å². The molecule has 274 valence electrons. The molecule has 4 fully saturated rings. The summed E-state index contributed by atoms with van der Waals surface area (Å²) in [5, 5.41) is 30.9. The van der Waals surface area contributed by atoms with Crippen LogP contribution < -0.4 is 32.7 Å². The van der Waals surface area contributed by atoms with Gasteiger partial charge in [-0.3, -0.25) is 34.1 Å². The number of hydrogen-bond acceptors (Lipinski definition) is 9. The number of rotatable bonds is 16. The SMILES string of the molecule is C[C@H](NC(=O)[C@@H](N)Cc1ccc(O)cc1)C(=O)NCC(=O)N[C@@H](Cc1ccc([N+](=O)[O-])cc1)C(=O)N[C@@H](CC12CC3CC(CC(C3)C1)C2)C(N)=O. The number of amides is 5. The summed E-state index contributed by atoms with van der Waals surface area (Å²) in [5.74, 6) is -1.33. The Balaban J connectivity index is 1.19. The molecule has 2 aromatic carbocycles. The largest absolute Gasteiger partial charge is 0.508 e. The lowest BCUT2D eigenvalue weighted by Crippen LogP contribution is -2.57. The molecule has 4 aliphatic rings. The fourth-order valence-corrected chi connectivity index (χ4v) is 8.60. The van der Waals surface area contributed by atoms with Crippen LogP contribution in [0.15, 0.2) is 48.5 Å². The number of nitro benzene ring substituents is 1. The first-order chi connectivity index (χ1) is 24.2. The third-order valence-corrected chi connectivity index (χ3v) is 10.6. The maximum Gasteiger partial charge on any atom is 0.269 e. The number of non-ortho nitro benzene ring substituents is 1. The summed E-state index contributed by atoms with van der Waals surface area (Å²) in [6.07, 6.45) is 7.19. The molecule has 51 heavy (non-hydrogen) atoms. The van der Waals surface area contributed by atoms with Crippen molar-refractivity contribution in [3.8, 4) is 5.75 Å². The van der Waals surface area contributed by atoms with Crippen molar-refractivity contribution >= 4 is 35.2 Å². The summed E-state index contributed by atoms with van der Waals surface area (Å²) < 4.78 is 0. The molecule has 2 aromatic rings.